The number of ketones is 1. The SMILES string of the molecule is COc1ccc2ccc(C(C)=O)c(O)c2c1OC. The van der Waals surface area contributed by atoms with Crippen LogP contribution < -0.4 is 9.47 Å². The van der Waals surface area contributed by atoms with Crippen LogP contribution in [0.25, 0.3) is 10.8 Å². The van der Waals surface area contributed by atoms with Crippen LogP contribution in [-0.2, 0) is 0 Å². The minimum absolute atomic E-state index is 0.0734. The van der Waals surface area contributed by atoms with Crippen molar-refractivity contribution >= 4 is 16.6 Å². The molecule has 0 saturated carbocycles. The summed E-state index contributed by atoms with van der Waals surface area (Å²) in [5.74, 6) is 0.673. The molecule has 94 valence electrons. The molecule has 2 aromatic carbocycles. The lowest BCUT2D eigenvalue weighted by atomic mass is 10.0. The summed E-state index contributed by atoms with van der Waals surface area (Å²) in [4.78, 5) is 11.4. The van der Waals surface area contributed by atoms with Gasteiger partial charge in [-0.05, 0) is 24.4 Å². The van der Waals surface area contributed by atoms with Crippen molar-refractivity contribution in [1.82, 2.24) is 0 Å². The van der Waals surface area contributed by atoms with Gasteiger partial charge in [-0.3, -0.25) is 4.79 Å². The molecule has 4 heteroatoms. The number of aromatic hydroxyl groups is 1. The van der Waals surface area contributed by atoms with E-state index in [1.807, 2.05) is 0 Å². The first kappa shape index (κ1) is 12.2. The summed E-state index contributed by atoms with van der Waals surface area (Å²) < 4.78 is 10.4. The number of ether oxygens (including phenoxy) is 2. The zero-order valence-electron chi connectivity index (χ0n) is 10.5. The Morgan fingerprint density at radius 1 is 1.11 bits per heavy atom. The van der Waals surface area contributed by atoms with Crippen molar-refractivity contribution in [1.29, 1.82) is 0 Å². The second-order valence-electron chi connectivity index (χ2n) is 3.92. The third-order valence-electron chi connectivity index (χ3n) is 2.88. The van der Waals surface area contributed by atoms with E-state index in [-0.39, 0.29) is 17.1 Å². The van der Waals surface area contributed by atoms with Gasteiger partial charge in [0.25, 0.3) is 0 Å². The molecule has 4 nitrogen and oxygen atoms in total. The summed E-state index contributed by atoms with van der Waals surface area (Å²) in [6.45, 7) is 1.41. The van der Waals surface area contributed by atoms with Gasteiger partial charge in [-0.25, -0.2) is 0 Å². The lowest BCUT2D eigenvalue weighted by molar-refractivity contribution is 0.101. The lowest BCUT2D eigenvalue weighted by Gasteiger charge is -2.13. The Kier molecular flexibility index (Phi) is 3.10. The summed E-state index contributed by atoms with van der Waals surface area (Å²) in [5.41, 5.74) is 0.272. The molecule has 2 rings (SSSR count). The van der Waals surface area contributed by atoms with E-state index in [0.29, 0.717) is 16.9 Å². The number of carbonyl (C=O) groups excluding carboxylic acids is 1. The summed E-state index contributed by atoms with van der Waals surface area (Å²) >= 11 is 0. The highest BCUT2D eigenvalue weighted by molar-refractivity contribution is 6.06. The molecule has 0 unspecified atom stereocenters. The fraction of sp³-hybridized carbons (Fsp3) is 0.214. The highest BCUT2D eigenvalue weighted by atomic mass is 16.5. The van der Waals surface area contributed by atoms with Crippen molar-refractivity contribution in [2.45, 2.75) is 6.92 Å². The second kappa shape index (κ2) is 4.56. The zero-order valence-corrected chi connectivity index (χ0v) is 10.5. The topological polar surface area (TPSA) is 55.8 Å². The van der Waals surface area contributed by atoms with Gasteiger partial charge in [-0.1, -0.05) is 12.1 Å². The van der Waals surface area contributed by atoms with Crippen LogP contribution in [0.1, 0.15) is 17.3 Å². The summed E-state index contributed by atoms with van der Waals surface area (Å²) in [7, 11) is 3.02. The third-order valence-corrected chi connectivity index (χ3v) is 2.88. The van der Waals surface area contributed by atoms with E-state index in [4.69, 9.17) is 9.47 Å². The predicted molar refractivity (Wildman–Crippen MR) is 68.7 cm³/mol. The molecule has 0 aromatic heterocycles. The molecule has 0 aliphatic carbocycles. The number of hydrogen-bond acceptors (Lipinski definition) is 4. The van der Waals surface area contributed by atoms with E-state index in [1.165, 1.54) is 21.1 Å². The fourth-order valence-corrected chi connectivity index (χ4v) is 2.00. The Labute approximate surface area is 105 Å². The van der Waals surface area contributed by atoms with E-state index in [1.54, 1.807) is 24.3 Å². The molecule has 0 aliphatic rings. The number of fused-ring (bicyclic) bond motifs is 1. The van der Waals surface area contributed by atoms with Gasteiger partial charge in [0.2, 0.25) is 0 Å². The minimum atomic E-state index is -0.195. The molecule has 18 heavy (non-hydrogen) atoms. The highest BCUT2D eigenvalue weighted by Gasteiger charge is 2.16. The Morgan fingerprint density at radius 3 is 2.33 bits per heavy atom. The largest absolute Gasteiger partial charge is 0.506 e. The molecule has 0 atom stereocenters. The molecule has 0 heterocycles. The number of Topliss-reactive ketones (excluding diaryl/α,β-unsaturated/α-hetero) is 1. The highest BCUT2D eigenvalue weighted by Crippen LogP contribution is 2.41. The molecule has 0 amide bonds. The molecule has 0 bridgehead atoms. The van der Waals surface area contributed by atoms with Crippen molar-refractivity contribution in [3.8, 4) is 17.2 Å². The van der Waals surface area contributed by atoms with Gasteiger partial charge in [-0.2, -0.15) is 0 Å². The maximum absolute atomic E-state index is 11.4. The molecule has 0 aliphatic heterocycles. The standard InChI is InChI=1S/C14H14O4/c1-8(15)10-6-4-9-5-7-11(17-2)14(18-3)12(9)13(10)16/h4-7,16H,1-3H3. The average molecular weight is 246 g/mol. The van der Waals surface area contributed by atoms with Crippen molar-refractivity contribution in [3.63, 3.8) is 0 Å². The van der Waals surface area contributed by atoms with E-state index < -0.39 is 0 Å². The number of hydrogen-bond donors (Lipinski definition) is 1. The van der Waals surface area contributed by atoms with Crippen LogP contribution in [0.2, 0.25) is 0 Å². The number of rotatable bonds is 3. The van der Waals surface area contributed by atoms with Gasteiger partial charge in [0, 0.05) is 0 Å². The summed E-state index contributed by atoms with van der Waals surface area (Å²) in [6, 6.07) is 6.94. The normalized spacial score (nSPS) is 10.4. The van der Waals surface area contributed by atoms with Gasteiger partial charge in [-0.15, -0.1) is 0 Å². The van der Waals surface area contributed by atoms with E-state index in [9.17, 15) is 9.90 Å². The summed E-state index contributed by atoms with van der Waals surface area (Å²) in [6.07, 6.45) is 0. The van der Waals surface area contributed by atoms with Crippen molar-refractivity contribution in [3.05, 3.63) is 29.8 Å². The van der Waals surface area contributed by atoms with Crippen LogP contribution in [0, 0.1) is 0 Å². The van der Waals surface area contributed by atoms with Gasteiger partial charge >= 0.3 is 0 Å². The van der Waals surface area contributed by atoms with E-state index in [0.717, 1.165) is 5.39 Å². The molecule has 1 N–H and O–H groups in total. The number of methoxy groups -OCH3 is 2. The monoisotopic (exact) mass is 246 g/mol. The first-order valence-electron chi connectivity index (χ1n) is 5.47. The van der Waals surface area contributed by atoms with E-state index >= 15 is 0 Å². The second-order valence-corrected chi connectivity index (χ2v) is 3.92. The average Bonchev–Trinajstić information content (AvgIpc) is 2.37. The van der Waals surface area contributed by atoms with Gasteiger partial charge in [0.15, 0.2) is 17.3 Å². The van der Waals surface area contributed by atoms with Crippen LogP contribution in [0.15, 0.2) is 24.3 Å². The Hall–Kier alpha value is -2.23. The molecule has 0 fully saturated rings. The van der Waals surface area contributed by atoms with Crippen LogP contribution in [0.3, 0.4) is 0 Å². The smallest absolute Gasteiger partial charge is 0.172 e. The number of benzene rings is 2. The van der Waals surface area contributed by atoms with Crippen molar-refractivity contribution in [2.24, 2.45) is 0 Å². The van der Waals surface area contributed by atoms with Crippen LogP contribution in [-0.4, -0.2) is 25.1 Å². The maximum Gasteiger partial charge on any atom is 0.172 e. The molecule has 0 saturated heterocycles. The molecular weight excluding hydrogens is 232 g/mol. The fourth-order valence-electron chi connectivity index (χ4n) is 2.00. The first-order chi connectivity index (χ1) is 8.60. The van der Waals surface area contributed by atoms with Crippen molar-refractivity contribution < 1.29 is 19.4 Å². The summed E-state index contributed by atoms with van der Waals surface area (Å²) in [5, 5.41) is 11.5. The third kappa shape index (κ3) is 1.76. The Bertz CT molecular complexity index is 617. The quantitative estimate of drug-likeness (QED) is 0.846. The zero-order chi connectivity index (χ0) is 13.3. The molecule has 0 spiro atoms. The van der Waals surface area contributed by atoms with Crippen LogP contribution in [0.4, 0.5) is 0 Å². The van der Waals surface area contributed by atoms with Crippen molar-refractivity contribution in [2.75, 3.05) is 14.2 Å². The molecule has 0 radical (unpaired) electrons. The first-order valence-corrected chi connectivity index (χ1v) is 5.47. The predicted octanol–water partition coefficient (Wildman–Crippen LogP) is 2.77. The lowest BCUT2D eigenvalue weighted by Crippen LogP contribution is -1.96. The maximum atomic E-state index is 11.4. The number of carbonyl (C=O) groups is 1. The molecule has 2 aromatic rings. The minimum Gasteiger partial charge on any atom is -0.506 e. The van der Waals surface area contributed by atoms with Gasteiger partial charge < -0.3 is 14.6 Å². The van der Waals surface area contributed by atoms with Gasteiger partial charge in [0.1, 0.15) is 5.75 Å². The van der Waals surface area contributed by atoms with Crippen LogP contribution >= 0.6 is 0 Å². The van der Waals surface area contributed by atoms with Gasteiger partial charge in [0.05, 0.1) is 25.2 Å². The Balaban J connectivity index is 2.88. The molecular formula is C14H14O4. The number of phenolic OH excluding ortho intramolecular Hbond substituents is 1. The van der Waals surface area contributed by atoms with E-state index in [2.05, 4.69) is 0 Å². The van der Waals surface area contributed by atoms with Crippen LogP contribution in [0.5, 0.6) is 17.2 Å². The Morgan fingerprint density at radius 2 is 1.78 bits per heavy atom. The number of phenols is 1.